The lowest BCUT2D eigenvalue weighted by molar-refractivity contribution is 0.572. The summed E-state index contributed by atoms with van der Waals surface area (Å²) in [6, 6.07) is 0. The van der Waals surface area contributed by atoms with Crippen molar-refractivity contribution in [3.8, 4) is 0 Å². The van der Waals surface area contributed by atoms with E-state index in [4.69, 9.17) is 23.1 Å². The van der Waals surface area contributed by atoms with Crippen molar-refractivity contribution in [3.05, 3.63) is 10.8 Å². The summed E-state index contributed by atoms with van der Waals surface area (Å²) in [7, 11) is 0. The Kier molecular flexibility index (Phi) is 5.48. The van der Waals surface area contributed by atoms with E-state index >= 15 is 0 Å². The second-order valence-corrected chi connectivity index (χ2v) is 4.78. The van der Waals surface area contributed by atoms with Crippen LogP contribution in [0.15, 0.2) is 0 Å². The molecule has 0 saturated carbocycles. The number of nitrogens with two attached hydrogens (primary N) is 2. The van der Waals surface area contributed by atoms with E-state index in [0.717, 1.165) is 12.1 Å². The molecule has 0 radical (unpaired) electrons. The molecule has 0 saturated heterocycles. The summed E-state index contributed by atoms with van der Waals surface area (Å²) in [4.78, 5) is 8.22. The van der Waals surface area contributed by atoms with E-state index in [1.165, 1.54) is 25.7 Å². The third kappa shape index (κ3) is 4.04. The quantitative estimate of drug-likeness (QED) is 0.765. The number of nitrogen functional groups attached to an aromatic ring is 2. The Morgan fingerprint density at radius 3 is 2.47 bits per heavy atom. The molecule has 1 aromatic rings. The van der Waals surface area contributed by atoms with Crippen LogP contribution in [-0.4, -0.2) is 9.97 Å². The number of rotatable bonds is 6. The number of halogens is 1. The van der Waals surface area contributed by atoms with Crippen LogP contribution in [0.2, 0.25) is 5.15 Å². The molecular weight excluding hydrogens is 236 g/mol. The topological polar surface area (TPSA) is 77.8 Å². The summed E-state index contributed by atoms with van der Waals surface area (Å²) < 4.78 is 0. The number of hydrogen-bond acceptors (Lipinski definition) is 4. The van der Waals surface area contributed by atoms with Gasteiger partial charge in [0.1, 0.15) is 5.82 Å². The lowest BCUT2D eigenvalue weighted by Gasteiger charge is -2.13. The molecule has 1 rings (SSSR count). The number of nitrogens with zero attached hydrogens (tertiary/aromatic N) is 2. The molecule has 5 heteroatoms. The second-order valence-electron chi connectivity index (χ2n) is 4.42. The standard InChI is InChI=1S/C12H21ClN4/c1-3-4-5-6-7-8(2)9-11(14)17-12(15)10(13)16-9/h8H,3-7H2,1-2H3,(H4,14,15,17). The average molecular weight is 257 g/mol. The highest BCUT2D eigenvalue weighted by molar-refractivity contribution is 6.31. The molecule has 0 aliphatic carbocycles. The Morgan fingerprint density at radius 2 is 1.82 bits per heavy atom. The Bertz CT molecular complexity index is 368. The molecule has 0 amide bonds. The van der Waals surface area contributed by atoms with Crippen molar-refractivity contribution < 1.29 is 0 Å². The van der Waals surface area contributed by atoms with Crippen molar-refractivity contribution in [2.75, 3.05) is 11.5 Å². The SMILES string of the molecule is CCCCCCC(C)c1nc(Cl)c(N)nc1N. The van der Waals surface area contributed by atoms with Gasteiger partial charge in [0.05, 0.1) is 5.69 Å². The number of hydrogen-bond donors (Lipinski definition) is 2. The molecule has 4 N–H and O–H groups in total. The zero-order valence-corrected chi connectivity index (χ0v) is 11.3. The Balaban J connectivity index is 2.62. The number of aromatic nitrogens is 2. The van der Waals surface area contributed by atoms with Gasteiger partial charge in [-0.2, -0.15) is 0 Å². The van der Waals surface area contributed by atoms with Crippen LogP contribution in [0.1, 0.15) is 57.6 Å². The molecule has 0 bridgehead atoms. The molecule has 0 aliphatic rings. The average Bonchev–Trinajstić information content (AvgIpc) is 2.29. The maximum atomic E-state index is 5.86. The first-order valence-corrected chi connectivity index (χ1v) is 6.52. The maximum absolute atomic E-state index is 5.86. The van der Waals surface area contributed by atoms with Gasteiger partial charge in [-0.3, -0.25) is 0 Å². The predicted molar refractivity (Wildman–Crippen MR) is 73.0 cm³/mol. The van der Waals surface area contributed by atoms with Gasteiger partial charge in [0.2, 0.25) is 0 Å². The van der Waals surface area contributed by atoms with Gasteiger partial charge in [0.25, 0.3) is 0 Å². The Labute approximate surface area is 108 Å². The van der Waals surface area contributed by atoms with Crippen molar-refractivity contribution in [2.24, 2.45) is 0 Å². The van der Waals surface area contributed by atoms with Gasteiger partial charge in [-0.1, -0.05) is 51.1 Å². The normalized spacial score (nSPS) is 12.6. The summed E-state index contributed by atoms with van der Waals surface area (Å²) in [5, 5.41) is 0.245. The fourth-order valence-electron chi connectivity index (χ4n) is 1.83. The first-order chi connectivity index (χ1) is 8.06. The van der Waals surface area contributed by atoms with Gasteiger partial charge in [0, 0.05) is 5.92 Å². The van der Waals surface area contributed by atoms with E-state index in [2.05, 4.69) is 23.8 Å². The zero-order valence-electron chi connectivity index (χ0n) is 10.5. The van der Waals surface area contributed by atoms with Crippen molar-refractivity contribution in [1.29, 1.82) is 0 Å². The molecule has 17 heavy (non-hydrogen) atoms. The van der Waals surface area contributed by atoms with E-state index in [-0.39, 0.29) is 16.9 Å². The minimum Gasteiger partial charge on any atom is -0.382 e. The largest absolute Gasteiger partial charge is 0.382 e. The third-order valence-electron chi connectivity index (χ3n) is 2.89. The molecule has 96 valence electrons. The summed E-state index contributed by atoms with van der Waals surface area (Å²) in [5.41, 5.74) is 12.1. The summed E-state index contributed by atoms with van der Waals surface area (Å²) in [5.74, 6) is 0.874. The fourth-order valence-corrected chi connectivity index (χ4v) is 1.96. The molecule has 1 aromatic heterocycles. The van der Waals surface area contributed by atoms with Gasteiger partial charge in [-0.15, -0.1) is 0 Å². The van der Waals surface area contributed by atoms with E-state index < -0.39 is 0 Å². The van der Waals surface area contributed by atoms with Gasteiger partial charge < -0.3 is 11.5 Å². The maximum Gasteiger partial charge on any atom is 0.171 e. The van der Waals surface area contributed by atoms with Crippen LogP contribution in [0.4, 0.5) is 11.6 Å². The van der Waals surface area contributed by atoms with Crippen molar-refractivity contribution in [1.82, 2.24) is 9.97 Å². The van der Waals surface area contributed by atoms with Crippen molar-refractivity contribution in [2.45, 2.75) is 51.9 Å². The minimum absolute atomic E-state index is 0.200. The van der Waals surface area contributed by atoms with Crippen LogP contribution >= 0.6 is 11.6 Å². The smallest absolute Gasteiger partial charge is 0.171 e. The van der Waals surface area contributed by atoms with E-state index in [1.807, 2.05) is 0 Å². The second kappa shape index (κ2) is 6.64. The van der Waals surface area contributed by atoms with Crippen molar-refractivity contribution >= 4 is 23.2 Å². The van der Waals surface area contributed by atoms with Gasteiger partial charge in [-0.25, -0.2) is 9.97 Å². The predicted octanol–water partition coefficient (Wildman–Crippen LogP) is 3.37. The summed E-state index contributed by atoms with van der Waals surface area (Å²) in [6.07, 6.45) is 5.99. The molecule has 0 aromatic carbocycles. The van der Waals surface area contributed by atoms with Gasteiger partial charge in [0.15, 0.2) is 11.0 Å². The highest BCUT2D eigenvalue weighted by Gasteiger charge is 2.14. The van der Waals surface area contributed by atoms with Crippen LogP contribution < -0.4 is 11.5 Å². The number of unbranched alkanes of at least 4 members (excludes halogenated alkanes) is 3. The van der Waals surface area contributed by atoms with E-state index in [1.54, 1.807) is 0 Å². The van der Waals surface area contributed by atoms with Crippen LogP contribution in [0.25, 0.3) is 0 Å². The summed E-state index contributed by atoms with van der Waals surface area (Å²) in [6.45, 7) is 4.30. The molecule has 1 atom stereocenters. The van der Waals surface area contributed by atoms with Crippen molar-refractivity contribution in [3.63, 3.8) is 0 Å². The van der Waals surface area contributed by atoms with E-state index in [0.29, 0.717) is 5.82 Å². The van der Waals surface area contributed by atoms with Crippen LogP contribution in [0.3, 0.4) is 0 Å². The first-order valence-electron chi connectivity index (χ1n) is 6.14. The van der Waals surface area contributed by atoms with Crippen LogP contribution in [0, 0.1) is 0 Å². The van der Waals surface area contributed by atoms with Gasteiger partial charge in [-0.05, 0) is 6.42 Å². The van der Waals surface area contributed by atoms with Gasteiger partial charge >= 0.3 is 0 Å². The van der Waals surface area contributed by atoms with Crippen LogP contribution in [0.5, 0.6) is 0 Å². The Morgan fingerprint density at radius 1 is 1.12 bits per heavy atom. The monoisotopic (exact) mass is 256 g/mol. The minimum atomic E-state index is 0.200. The highest BCUT2D eigenvalue weighted by atomic mass is 35.5. The molecule has 1 heterocycles. The molecule has 0 spiro atoms. The van der Waals surface area contributed by atoms with E-state index in [9.17, 15) is 0 Å². The Hall–Kier alpha value is -1.03. The first kappa shape index (κ1) is 14.0. The molecule has 4 nitrogen and oxygen atoms in total. The fraction of sp³-hybridized carbons (Fsp3) is 0.667. The number of anilines is 2. The highest BCUT2D eigenvalue weighted by Crippen LogP contribution is 2.27. The third-order valence-corrected chi connectivity index (χ3v) is 3.17. The molecule has 0 fully saturated rings. The lowest BCUT2D eigenvalue weighted by atomic mass is 9.99. The summed E-state index contributed by atoms with van der Waals surface area (Å²) >= 11 is 5.86. The molecule has 0 aliphatic heterocycles. The lowest BCUT2D eigenvalue weighted by Crippen LogP contribution is -2.08. The zero-order chi connectivity index (χ0) is 12.8. The van der Waals surface area contributed by atoms with Crippen LogP contribution in [-0.2, 0) is 0 Å². The molecule has 1 unspecified atom stereocenters. The molecular formula is C12H21ClN4.